The van der Waals surface area contributed by atoms with Gasteiger partial charge in [-0.15, -0.1) is 0 Å². The second kappa shape index (κ2) is 6.40. The molecule has 3 aliphatic rings. The van der Waals surface area contributed by atoms with Crippen molar-refractivity contribution in [2.24, 2.45) is 11.1 Å². The molecule has 0 radical (unpaired) electrons. The molecule has 1 atom stereocenters. The van der Waals surface area contributed by atoms with Gasteiger partial charge < -0.3 is 15.7 Å². The quantitative estimate of drug-likeness (QED) is 0.838. The average molecular weight is 373 g/mol. The Morgan fingerprint density at radius 2 is 2.04 bits per heavy atom. The number of rotatable bonds is 2. The van der Waals surface area contributed by atoms with E-state index in [1.165, 1.54) is 11.1 Å². The summed E-state index contributed by atoms with van der Waals surface area (Å²) in [5.74, 6) is 0.757. The molecule has 3 N–H and O–H groups in total. The first-order valence-electron chi connectivity index (χ1n) is 9.85. The molecule has 5 rings (SSSR count). The molecule has 28 heavy (non-hydrogen) atoms. The van der Waals surface area contributed by atoms with E-state index in [4.69, 9.17) is 10.7 Å². The molecule has 0 amide bonds. The number of nitrogens with zero attached hydrogens (tertiary/aromatic N) is 4. The molecular formula is C22H23N5O. The minimum Gasteiger partial charge on any atom is -0.390 e. The summed E-state index contributed by atoms with van der Waals surface area (Å²) in [6.45, 7) is 1.52. The third kappa shape index (κ3) is 2.47. The summed E-state index contributed by atoms with van der Waals surface area (Å²) >= 11 is 0. The normalized spacial score (nSPS) is 22.0. The Balaban J connectivity index is 1.39. The second-order valence-electron chi connectivity index (χ2n) is 8.08. The van der Waals surface area contributed by atoms with Crippen LogP contribution < -0.4 is 10.6 Å². The fourth-order valence-electron chi connectivity index (χ4n) is 5.08. The first-order chi connectivity index (χ1) is 13.6. The standard InChI is InChI=1S/C22H23N5O/c23-12-15-5-6-17-19(15)25-18(13-28)21(26-17)27-9-7-22(8-10-27)11-14-3-1-2-4-16(14)20(22)24/h1-5,20,28H,6-11,13,24H2/t20-/m1/s1. The molecule has 0 unspecified atom stereocenters. The summed E-state index contributed by atoms with van der Waals surface area (Å²) in [5.41, 5.74) is 12.0. The summed E-state index contributed by atoms with van der Waals surface area (Å²) in [5, 5.41) is 19.1. The van der Waals surface area contributed by atoms with E-state index in [1.807, 2.05) is 6.08 Å². The van der Waals surface area contributed by atoms with Gasteiger partial charge in [0, 0.05) is 25.6 Å². The first kappa shape index (κ1) is 17.4. The van der Waals surface area contributed by atoms with Crippen LogP contribution in [0.2, 0.25) is 0 Å². The molecule has 1 aromatic carbocycles. The summed E-state index contributed by atoms with van der Waals surface area (Å²) in [6.07, 6.45) is 5.51. The summed E-state index contributed by atoms with van der Waals surface area (Å²) in [4.78, 5) is 11.6. The highest BCUT2D eigenvalue weighted by molar-refractivity contribution is 5.79. The maximum atomic E-state index is 9.85. The van der Waals surface area contributed by atoms with E-state index in [-0.39, 0.29) is 18.1 Å². The van der Waals surface area contributed by atoms with Gasteiger partial charge in [0.25, 0.3) is 0 Å². The van der Waals surface area contributed by atoms with Crippen molar-refractivity contribution in [2.45, 2.75) is 38.3 Å². The van der Waals surface area contributed by atoms with E-state index in [1.54, 1.807) is 0 Å². The maximum Gasteiger partial charge on any atom is 0.153 e. The van der Waals surface area contributed by atoms with E-state index in [0.29, 0.717) is 23.4 Å². The zero-order chi connectivity index (χ0) is 19.3. The highest BCUT2D eigenvalue weighted by atomic mass is 16.3. The van der Waals surface area contributed by atoms with Crippen molar-refractivity contribution in [1.29, 1.82) is 5.26 Å². The number of fused-ring (bicyclic) bond motifs is 2. The molecule has 1 saturated heterocycles. The number of aliphatic hydroxyl groups is 1. The number of nitrogens with two attached hydrogens (primary N) is 1. The van der Waals surface area contributed by atoms with Gasteiger partial charge >= 0.3 is 0 Å². The Kier molecular flexibility index (Phi) is 3.97. The lowest BCUT2D eigenvalue weighted by Crippen LogP contribution is -2.45. The number of hydrogen-bond acceptors (Lipinski definition) is 6. The van der Waals surface area contributed by atoms with Crippen LogP contribution >= 0.6 is 0 Å². The zero-order valence-electron chi connectivity index (χ0n) is 15.7. The Labute approximate surface area is 164 Å². The molecule has 1 aromatic heterocycles. The Bertz CT molecular complexity index is 1010. The van der Waals surface area contributed by atoms with Crippen LogP contribution in [0.25, 0.3) is 5.57 Å². The number of aliphatic hydroxyl groups excluding tert-OH is 1. The largest absolute Gasteiger partial charge is 0.390 e. The monoisotopic (exact) mass is 373 g/mol. The van der Waals surface area contributed by atoms with Crippen LogP contribution in [0.15, 0.2) is 30.3 Å². The first-order valence-corrected chi connectivity index (χ1v) is 9.85. The van der Waals surface area contributed by atoms with Crippen molar-refractivity contribution in [3.8, 4) is 6.07 Å². The van der Waals surface area contributed by atoms with Crippen LogP contribution in [0.3, 0.4) is 0 Å². The number of aromatic nitrogens is 2. The van der Waals surface area contributed by atoms with Crippen LogP contribution in [-0.4, -0.2) is 28.2 Å². The van der Waals surface area contributed by atoms with E-state index >= 15 is 0 Å². The molecule has 1 fully saturated rings. The third-order valence-electron chi connectivity index (χ3n) is 6.70. The number of piperidine rings is 1. The zero-order valence-corrected chi connectivity index (χ0v) is 15.7. The highest BCUT2D eigenvalue weighted by Gasteiger charge is 2.46. The molecule has 6 nitrogen and oxygen atoms in total. The molecule has 6 heteroatoms. The van der Waals surface area contributed by atoms with Crippen molar-refractivity contribution in [3.05, 3.63) is 58.6 Å². The van der Waals surface area contributed by atoms with Gasteiger partial charge in [-0.3, -0.25) is 0 Å². The van der Waals surface area contributed by atoms with Gasteiger partial charge in [-0.2, -0.15) is 5.26 Å². The van der Waals surface area contributed by atoms with Crippen LogP contribution in [0.1, 0.15) is 47.1 Å². The number of nitriles is 1. The minimum atomic E-state index is -0.180. The van der Waals surface area contributed by atoms with Crippen molar-refractivity contribution in [3.63, 3.8) is 0 Å². The lowest BCUT2D eigenvalue weighted by molar-refractivity contribution is 0.186. The summed E-state index contributed by atoms with van der Waals surface area (Å²) < 4.78 is 0. The second-order valence-corrected chi connectivity index (χ2v) is 8.08. The van der Waals surface area contributed by atoms with Crippen molar-refractivity contribution in [2.75, 3.05) is 18.0 Å². The fraction of sp³-hybridized carbons (Fsp3) is 0.409. The molecular weight excluding hydrogens is 350 g/mol. The molecule has 1 spiro atoms. The van der Waals surface area contributed by atoms with Crippen LogP contribution in [-0.2, 0) is 19.4 Å². The van der Waals surface area contributed by atoms with E-state index < -0.39 is 0 Å². The van der Waals surface area contributed by atoms with E-state index in [9.17, 15) is 10.4 Å². The lowest BCUT2D eigenvalue weighted by Gasteiger charge is -2.43. The van der Waals surface area contributed by atoms with E-state index in [0.717, 1.165) is 43.9 Å². The number of benzene rings is 1. The predicted molar refractivity (Wildman–Crippen MR) is 106 cm³/mol. The van der Waals surface area contributed by atoms with Crippen LogP contribution in [0.4, 0.5) is 5.82 Å². The van der Waals surface area contributed by atoms with Gasteiger partial charge in [-0.25, -0.2) is 9.97 Å². The lowest BCUT2D eigenvalue weighted by atomic mass is 9.73. The number of anilines is 1. The number of hydrogen-bond donors (Lipinski definition) is 2. The van der Waals surface area contributed by atoms with Gasteiger partial charge in [0.05, 0.1) is 17.9 Å². The Morgan fingerprint density at radius 1 is 1.25 bits per heavy atom. The SMILES string of the molecule is N#CC1=CCc2nc(N3CCC4(CC3)Cc3ccccc3[C@H]4N)c(CO)nc21. The Hall–Kier alpha value is -2.75. The van der Waals surface area contributed by atoms with Crippen molar-refractivity contribution in [1.82, 2.24) is 9.97 Å². The summed E-state index contributed by atoms with van der Waals surface area (Å²) in [7, 11) is 0. The molecule has 2 aromatic rings. The average Bonchev–Trinajstić information content (AvgIpc) is 3.26. The van der Waals surface area contributed by atoms with E-state index in [2.05, 4.69) is 40.2 Å². The van der Waals surface area contributed by atoms with Gasteiger partial charge in [-0.1, -0.05) is 30.3 Å². The van der Waals surface area contributed by atoms with Gasteiger partial charge in [-0.05, 0) is 35.8 Å². The maximum absolute atomic E-state index is 9.85. The smallest absolute Gasteiger partial charge is 0.153 e. The fourth-order valence-corrected chi connectivity index (χ4v) is 5.08. The molecule has 0 saturated carbocycles. The molecule has 1 aliphatic heterocycles. The van der Waals surface area contributed by atoms with Gasteiger partial charge in [0.2, 0.25) is 0 Å². The number of allylic oxidation sites excluding steroid dienone is 2. The Morgan fingerprint density at radius 3 is 2.75 bits per heavy atom. The van der Waals surface area contributed by atoms with Gasteiger partial charge in [0.1, 0.15) is 17.5 Å². The predicted octanol–water partition coefficient (Wildman–Crippen LogP) is 2.27. The van der Waals surface area contributed by atoms with Crippen LogP contribution in [0.5, 0.6) is 0 Å². The third-order valence-corrected chi connectivity index (χ3v) is 6.70. The molecule has 142 valence electrons. The topological polar surface area (TPSA) is 99.1 Å². The van der Waals surface area contributed by atoms with Crippen molar-refractivity contribution < 1.29 is 5.11 Å². The highest BCUT2D eigenvalue weighted by Crippen LogP contribution is 2.51. The van der Waals surface area contributed by atoms with Gasteiger partial charge in [0.15, 0.2) is 5.82 Å². The minimum absolute atomic E-state index is 0.0802. The van der Waals surface area contributed by atoms with Crippen molar-refractivity contribution >= 4 is 11.4 Å². The molecule has 2 heterocycles. The molecule has 2 aliphatic carbocycles. The summed E-state index contributed by atoms with van der Waals surface area (Å²) in [6, 6.07) is 10.8. The van der Waals surface area contributed by atoms with Crippen LogP contribution in [0, 0.1) is 16.7 Å². The molecule has 0 bridgehead atoms.